The third kappa shape index (κ3) is 4.49. The molecule has 6 heteroatoms. The summed E-state index contributed by atoms with van der Waals surface area (Å²) in [4.78, 5) is 4.85. The molecule has 0 unspecified atom stereocenters. The van der Waals surface area contributed by atoms with Gasteiger partial charge in [-0.05, 0) is 41.9 Å². The Morgan fingerprint density at radius 3 is 2.25 bits per heavy atom. The van der Waals surface area contributed by atoms with Gasteiger partial charge in [0.1, 0.15) is 5.82 Å². The number of piperidine rings is 1. The van der Waals surface area contributed by atoms with Gasteiger partial charge in [0, 0.05) is 37.9 Å². The first-order valence-corrected chi connectivity index (χ1v) is 11.6. The predicted molar refractivity (Wildman–Crippen MR) is 113 cm³/mol. The second kappa shape index (κ2) is 7.99. The molecule has 0 N–H and O–H groups in total. The van der Waals surface area contributed by atoms with E-state index in [2.05, 4.69) is 44.2 Å². The molecule has 1 aliphatic heterocycles. The fraction of sp³-hybridized carbons (Fsp3) is 0.591. The van der Waals surface area contributed by atoms with Gasteiger partial charge in [-0.3, -0.25) is 0 Å². The van der Waals surface area contributed by atoms with Crippen LogP contribution in [-0.2, 0) is 22.0 Å². The van der Waals surface area contributed by atoms with Gasteiger partial charge in [0.2, 0.25) is 10.0 Å². The molecule has 0 atom stereocenters. The standard InChI is InChI=1S/C22H33N3O2S/c1-17(2)21-23-12-15-24(21)16-18-10-13-25(14-11-18)28(26,27)20-8-6-19(7-9-20)22(3,4)5/h6-9,12,15,17-18H,10-11,13-14,16H2,1-5H3. The van der Waals surface area contributed by atoms with Crippen molar-refractivity contribution in [2.75, 3.05) is 13.1 Å². The van der Waals surface area contributed by atoms with Gasteiger partial charge in [0.05, 0.1) is 4.90 Å². The van der Waals surface area contributed by atoms with E-state index < -0.39 is 10.0 Å². The molecule has 0 saturated carbocycles. The van der Waals surface area contributed by atoms with Crippen LogP contribution in [0.5, 0.6) is 0 Å². The average molecular weight is 404 g/mol. The van der Waals surface area contributed by atoms with Crippen LogP contribution in [0, 0.1) is 5.92 Å². The van der Waals surface area contributed by atoms with Crippen LogP contribution in [0.4, 0.5) is 0 Å². The average Bonchev–Trinajstić information content (AvgIpc) is 3.10. The van der Waals surface area contributed by atoms with Crippen molar-refractivity contribution < 1.29 is 8.42 Å². The smallest absolute Gasteiger partial charge is 0.243 e. The third-order valence-electron chi connectivity index (χ3n) is 5.65. The van der Waals surface area contributed by atoms with Gasteiger partial charge in [-0.15, -0.1) is 0 Å². The largest absolute Gasteiger partial charge is 0.334 e. The highest BCUT2D eigenvalue weighted by atomic mass is 32.2. The summed E-state index contributed by atoms with van der Waals surface area (Å²) in [5.74, 6) is 1.99. The molecule has 28 heavy (non-hydrogen) atoms. The first kappa shape index (κ1) is 21.1. The van der Waals surface area contributed by atoms with Crippen molar-refractivity contribution in [3.05, 3.63) is 48.0 Å². The highest BCUT2D eigenvalue weighted by Crippen LogP contribution is 2.28. The van der Waals surface area contributed by atoms with Gasteiger partial charge < -0.3 is 4.57 Å². The highest BCUT2D eigenvalue weighted by Gasteiger charge is 2.30. The van der Waals surface area contributed by atoms with Crippen molar-refractivity contribution in [2.45, 2.75) is 70.2 Å². The number of hydrogen-bond donors (Lipinski definition) is 0. The van der Waals surface area contributed by atoms with E-state index in [1.807, 2.05) is 24.5 Å². The number of aromatic nitrogens is 2. The van der Waals surface area contributed by atoms with Gasteiger partial charge in [0.15, 0.2) is 0 Å². The first-order chi connectivity index (χ1) is 13.1. The fourth-order valence-corrected chi connectivity index (χ4v) is 5.33. The lowest BCUT2D eigenvalue weighted by molar-refractivity contribution is 0.251. The lowest BCUT2D eigenvalue weighted by Gasteiger charge is -2.32. The van der Waals surface area contributed by atoms with Gasteiger partial charge in [-0.1, -0.05) is 46.8 Å². The minimum absolute atomic E-state index is 0.0167. The molecular formula is C22H33N3O2S. The second-order valence-electron chi connectivity index (χ2n) is 9.21. The van der Waals surface area contributed by atoms with Gasteiger partial charge in [-0.25, -0.2) is 13.4 Å². The summed E-state index contributed by atoms with van der Waals surface area (Å²) in [5, 5.41) is 0. The molecule has 0 radical (unpaired) electrons. The molecule has 1 fully saturated rings. The Balaban J connectivity index is 1.64. The summed E-state index contributed by atoms with van der Waals surface area (Å²) in [6, 6.07) is 7.38. The van der Waals surface area contributed by atoms with E-state index in [0.717, 1.165) is 30.8 Å². The monoisotopic (exact) mass is 403 g/mol. The van der Waals surface area contributed by atoms with E-state index in [0.29, 0.717) is 29.8 Å². The SMILES string of the molecule is CC(C)c1nccn1CC1CCN(S(=O)(=O)c2ccc(C(C)(C)C)cc2)CC1. The van der Waals surface area contributed by atoms with Crippen molar-refractivity contribution >= 4 is 10.0 Å². The van der Waals surface area contributed by atoms with Crippen molar-refractivity contribution in [1.82, 2.24) is 13.9 Å². The van der Waals surface area contributed by atoms with Gasteiger partial charge in [-0.2, -0.15) is 4.31 Å². The maximum absolute atomic E-state index is 13.0. The molecule has 0 bridgehead atoms. The van der Waals surface area contributed by atoms with Crippen LogP contribution in [0.2, 0.25) is 0 Å². The number of imidazole rings is 1. The van der Waals surface area contributed by atoms with Gasteiger partial charge in [0.25, 0.3) is 0 Å². The topological polar surface area (TPSA) is 55.2 Å². The summed E-state index contributed by atoms with van der Waals surface area (Å²) in [6.07, 6.45) is 5.66. The summed E-state index contributed by atoms with van der Waals surface area (Å²) in [7, 11) is -3.42. The van der Waals surface area contributed by atoms with Crippen molar-refractivity contribution in [2.24, 2.45) is 5.92 Å². The van der Waals surface area contributed by atoms with Crippen molar-refractivity contribution in [3.8, 4) is 0 Å². The van der Waals surface area contributed by atoms with E-state index in [1.54, 1.807) is 16.4 Å². The van der Waals surface area contributed by atoms with Crippen LogP contribution < -0.4 is 0 Å². The van der Waals surface area contributed by atoms with Crippen LogP contribution in [0.1, 0.15) is 64.8 Å². The molecule has 2 heterocycles. The van der Waals surface area contributed by atoms with E-state index in [4.69, 9.17) is 0 Å². The predicted octanol–water partition coefficient (Wildman–Crippen LogP) is 4.40. The van der Waals surface area contributed by atoms with E-state index in [-0.39, 0.29) is 5.41 Å². The minimum Gasteiger partial charge on any atom is -0.334 e. The molecule has 5 nitrogen and oxygen atoms in total. The summed E-state index contributed by atoms with van der Waals surface area (Å²) in [6.45, 7) is 12.8. The molecule has 0 amide bonds. The molecule has 1 aromatic heterocycles. The lowest BCUT2D eigenvalue weighted by atomic mass is 9.87. The number of nitrogens with zero attached hydrogens (tertiary/aromatic N) is 3. The van der Waals surface area contributed by atoms with Crippen LogP contribution in [0.15, 0.2) is 41.6 Å². The molecular weight excluding hydrogens is 370 g/mol. The molecule has 154 valence electrons. The second-order valence-corrected chi connectivity index (χ2v) is 11.2. The summed E-state index contributed by atoms with van der Waals surface area (Å²) in [5.41, 5.74) is 1.16. The molecule has 1 saturated heterocycles. The number of hydrogen-bond acceptors (Lipinski definition) is 3. The van der Waals surface area contributed by atoms with E-state index >= 15 is 0 Å². The maximum atomic E-state index is 13.0. The number of benzene rings is 1. The quantitative estimate of drug-likeness (QED) is 0.743. The first-order valence-electron chi connectivity index (χ1n) is 10.2. The molecule has 1 aromatic carbocycles. The van der Waals surface area contributed by atoms with Crippen LogP contribution in [0.3, 0.4) is 0 Å². The van der Waals surface area contributed by atoms with Crippen LogP contribution in [-0.4, -0.2) is 35.4 Å². The molecule has 0 aliphatic carbocycles. The Morgan fingerprint density at radius 2 is 1.71 bits per heavy atom. The summed E-state index contributed by atoms with van der Waals surface area (Å²) >= 11 is 0. The highest BCUT2D eigenvalue weighted by molar-refractivity contribution is 7.89. The molecule has 3 rings (SSSR count). The van der Waals surface area contributed by atoms with Gasteiger partial charge >= 0.3 is 0 Å². The molecule has 1 aliphatic rings. The summed E-state index contributed by atoms with van der Waals surface area (Å²) < 4.78 is 29.9. The van der Waals surface area contributed by atoms with Crippen molar-refractivity contribution in [1.29, 1.82) is 0 Å². The van der Waals surface area contributed by atoms with E-state index in [9.17, 15) is 8.42 Å². The molecule has 0 spiro atoms. The van der Waals surface area contributed by atoms with Crippen molar-refractivity contribution in [3.63, 3.8) is 0 Å². The zero-order valence-corrected chi connectivity index (χ0v) is 18.5. The minimum atomic E-state index is -3.42. The normalized spacial score (nSPS) is 17.4. The fourth-order valence-electron chi connectivity index (χ4n) is 3.86. The Kier molecular flexibility index (Phi) is 6.01. The van der Waals surface area contributed by atoms with Crippen LogP contribution >= 0.6 is 0 Å². The Labute approximate surface area is 169 Å². The van der Waals surface area contributed by atoms with E-state index in [1.165, 1.54) is 0 Å². The van der Waals surface area contributed by atoms with Crippen LogP contribution in [0.25, 0.3) is 0 Å². The lowest BCUT2D eigenvalue weighted by Crippen LogP contribution is -2.39. The maximum Gasteiger partial charge on any atom is 0.243 e. The molecule has 2 aromatic rings. The Morgan fingerprint density at radius 1 is 1.11 bits per heavy atom. The Hall–Kier alpha value is -1.66. The third-order valence-corrected chi connectivity index (χ3v) is 7.56. The zero-order valence-electron chi connectivity index (χ0n) is 17.7. The number of rotatable bonds is 5. The Bertz CT molecular complexity index is 885. The number of sulfonamides is 1. The zero-order chi connectivity index (χ0) is 20.5.